The molecule has 0 bridgehead atoms. The molecule has 25 heavy (non-hydrogen) atoms. The van der Waals surface area contributed by atoms with Crippen LogP contribution in [0.1, 0.15) is 16.9 Å². The van der Waals surface area contributed by atoms with Crippen LogP contribution in [0, 0.1) is 0 Å². The minimum absolute atomic E-state index is 0.00123. The first-order valence-corrected chi connectivity index (χ1v) is 8.53. The number of hydrogen-bond donors (Lipinski definition) is 1. The summed E-state index contributed by atoms with van der Waals surface area (Å²) in [6.45, 7) is 1.48. The molecule has 1 N–H and O–H groups in total. The molecule has 3 aromatic rings. The van der Waals surface area contributed by atoms with Crippen molar-refractivity contribution in [2.24, 2.45) is 0 Å². The summed E-state index contributed by atoms with van der Waals surface area (Å²) in [6.07, 6.45) is 5.75. The summed E-state index contributed by atoms with van der Waals surface area (Å²) >= 11 is 11.9. The summed E-state index contributed by atoms with van der Waals surface area (Å²) in [7, 11) is 0. The Morgan fingerprint density at radius 1 is 1.28 bits per heavy atom. The van der Waals surface area contributed by atoms with Crippen LogP contribution < -0.4 is 10.2 Å². The summed E-state index contributed by atoms with van der Waals surface area (Å²) < 4.78 is 1.73. The van der Waals surface area contributed by atoms with Gasteiger partial charge in [0.1, 0.15) is 11.5 Å². The molecule has 7 nitrogen and oxygen atoms in total. The Morgan fingerprint density at radius 3 is 3.00 bits per heavy atom. The number of nitrogens with zero attached hydrogens (tertiary/aromatic N) is 5. The molecule has 0 radical (unpaired) electrons. The molecule has 9 heteroatoms. The summed E-state index contributed by atoms with van der Waals surface area (Å²) in [5.74, 6) is 0.552. The van der Waals surface area contributed by atoms with E-state index in [-0.39, 0.29) is 22.7 Å². The number of carbonyl (C=O) groups is 1. The lowest BCUT2D eigenvalue weighted by Crippen LogP contribution is -2.37. The van der Waals surface area contributed by atoms with E-state index in [2.05, 4.69) is 25.3 Å². The minimum atomic E-state index is -0.300. The van der Waals surface area contributed by atoms with Crippen LogP contribution >= 0.6 is 23.2 Å². The largest absolute Gasteiger partial charge is 0.353 e. The molecule has 1 amide bonds. The number of pyridine rings is 1. The van der Waals surface area contributed by atoms with Crippen molar-refractivity contribution in [3.8, 4) is 0 Å². The van der Waals surface area contributed by atoms with Crippen LogP contribution in [0.15, 0.2) is 36.8 Å². The molecule has 4 heterocycles. The highest BCUT2D eigenvalue weighted by Gasteiger charge is 2.26. The summed E-state index contributed by atoms with van der Waals surface area (Å²) in [6, 6.07) is 5.37. The van der Waals surface area contributed by atoms with Gasteiger partial charge in [-0.15, -0.1) is 5.10 Å². The lowest BCUT2D eigenvalue weighted by Gasteiger charge is -2.18. The van der Waals surface area contributed by atoms with Gasteiger partial charge in [0, 0.05) is 37.7 Å². The average Bonchev–Trinajstić information content (AvgIpc) is 3.22. The van der Waals surface area contributed by atoms with Crippen molar-refractivity contribution in [2.75, 3.05) is 18.0 Å². The first-order chi connectivity index (χ1) is 12.1. The Hall–Kier alpha value is -2.38. The third kappa shape index (κ3) is 3.25. The number of fused-ring (bicyclic) bond motifs is 1. The number of imidazole rings is 1. The number of halogens is 2. The van der Waals surface area contributed by atoms with Crippen LogP contribution in [-0.4, -0.2) is 44.6 Å². The molecular weight excluding hydrogens is 363 g/mol. The van der Waals surface area contributed by atoms with E-state index in [0.717, 1.165) is 24.4 Å². The molecule has 0 spiro atoms. The number of carbonyl (C=O) groups excluding carboxylic acids is 1. The molecule has 0 unspecified atom stereocenters. The van der Waals surface area contributed by atoms with E-state index in [1.54, 1.807) is 10.7 Å². The van der Waals surface area contributed by atoms with Crippen molar-refractivity contribution in [3.05, 3.63) is 52.5 Å². The highest BCUT2D eigenvalue weighted by atomic mass is 35.5. The van der Waals surface area contributed by atoms with Crippen LogP contribution in [0.3, 0.4) is 0 Å². The number of aromatic nitrogens is 4. The van der Waals surface area contributed by atoms with Crippen LogP contribution in [-0.2, 0) is 0 Å². The Bertz CT molecular complexity index is 943. The number of anilines is 1. The standard InChI is InChI=1S/C16H14Cl2N6O/c17-10-7-12(18)15(20-8-10)16(25)21-11-3-5-23(9-11)14-2-1-13-19-4-6-24(13)22-14/h1-2,4,6-8,11H,3,5,9H2,(H,21,25)/t11-/m0/s1. The third-order valence-corrected chi connectivity index (χ3v) is 4.61. The molecule has 4 rings (SSSR count). The topological polar surface area (TPSA) is 75.4 Å². The summed E-state index contributed by atoms with van der Waals surface area (Å²) in [4.78, 5) is 22.7. The molecule has 1 aliphatic rings. The first kappa shape index (κ1) is 16.1. The number of hydrogen-bond acceptors (Lipinski definition) is 5. The second kappa shape index (κ2) is 6.50. The van der Waals surface area contributed by atoms with Crippen LogP contribution in [0.5, 0.6) is 0 Å². The predicted molar refractivity (Wildman–Crippen MR) is 95.3 cm³/mol. The smallest absolute Gasteiger partial charge is 0.271 e. The van der Waals surface area contributed by atoms with Gasteiger partial charge in [0.05, 0.1) is 10.0 Å². The van der Waals surface area contributed by atoms with Crippen molar-refractivity contribution in [1.82, 2.24) is 24.9 Å². The molecule has 1 fully saturated rings. The van der Waals surface area contributed by atoms with Gasteiger partial charge in [0.15, 0.2) is 5.65 Å². The van der Waals surface area contributed by atoms with Gasteiger partial charge in [-0.25, -0.2) is 14.5 Å². The molecule has 0 aromatic carbocycles. The van der Waals surface area contributed by atoms with E-state index in [0.29, 0.717) is 11.6 Å². The SMILES string of the molecule is O=C(N[C@H]1CCN(c2ccc3nccn3n2)C1)c1ncc(Cl)cc1Cl. The maximum absolute atomic E-state index is 12.4. The lowest BCUT2D eigenvalue weighted by molar-refractivity contribution is 0.0935. The fourth-order valence-corrected chi connectivity index (χ4v) is 3.36. The highest BCUT2D eigenvalue weighted by molar-refractivity contribution is 6.36. The molecule has 0 saturated carbocycles. The van der Waals surface area contributed by atoms with Crippen molar-refractivity contribution in [3.63, 3.8) is 0 Å². The third-order valence-electron chi connectivity index (χ3n) is 4.11. The Kier molecular flexibility index (Phi) is 4.19. The Labute approximate surface area is 153 Å². The summed E-state index contributed by atoms with van der Waals surface area (Å²) in [5, 5.41) is 8.14. The second-order valence-corrected chi connectivity index (χ2v) is 6.65. The van der Waals surface area contributed by atoms with E-state index in [9.17, 15) is 4.79 Å². The molecule has 1 atom stereocenters. The Morgan fingerprint density at radius 2 is 2.16 bits per heavy atom. The molecule has 3 aromatic heterocycles. The highest BCUT2D eigenvalue weighted by Crippen LogP contribution is 2.21. The normalized spacial score (nSPS) is 17.2. The maximum Gasteiger partial charge on any atom is 0.271 e. The van der Waals surface area contributed by atoms with Gasteiger partial charge in [-0.05, 0) is 24.6 Å². The fourth-order valence-electron chi connectivity index (χ4n) is 2.90. The average molecular weight is 377 g/mol. The number of rotatable bonds is 3. The van der Waals surface area contributed by atoms with Crippen LogP contribution in [0.25, 0.3) is 5.65 Å². The van der Waals surface area contributed by atoms with Crippen molar-refractivity contribution in [1.29, 1.82) is 0 Å². The minimum Gasteiger partial charge on any atom is -0.353 e. The van der Waals surface area contributed by atoms with Gasteiger partial charge in [-0.3, -0.25) is 4.79 Å². The zero-order valence-electron chi connectivity index (χ0n) is 13.1. The number of amides is 1. The van der Waals surface area contributed by atoms with Crippen molar-refractivity contribution >= 4 is 40.6 Å². The predicted octanol–water partition coefficient (Wildman–Crippen LogP) is 2.44. The van der Waals surface area contributed by atoms with Gasteiger partial charge in [-0.1, -0.05) is 23.2 Å². The van der Waals surface area contributed by atoms with E-state index < -0.39 is 0 Å². The molecular formula is C16H14Cl2N6O. The molecule has 1 saturated heterocycles. The van der Waals surface area contributed by atoms with Gasteiger partial charge in [0.25, 0.3) is 5.91 Å². The van der Waals surface area contributed by atoms with Gasteiger partial charge >= 0.3 is 0 Å². The quantitative estimate of drug-likeness (QED) is 0.759. The van der Waals surface area contributed by atoms with Crippen LogP contribution in [0.4, 0.5) is 5.82 Å². The Balaban J connectivity index is 1.44. The van der Waals surface area contributed by atoms with Gasteiger partial charge in [-0.2, -0.15) is 0 Å². The zero-order valence-corrected chi connectivity index (χ0v) is 14.6. The van der Waals surface area contributed by atoms with E-state index in [1.807, 2.05) is 18.3 Å². The molecule has 1 aliphatic heterocycles. The van der Waals surface area contributed by atoms with Crippen molar-refractivity contribution in [2.45, 2.75) is 12.5 Å². The van der Waals surface area contributed by atoms with Gasteiger partial charge in [0.2, 0.25) is 0 Å². The van der Waals surface area contributed by atoms with E-state index in [1.165, 1.54) is 12.3 Å². The van der Waals surface area contributed by atoms with Crippen molar-refractivity contribution < 1.29 is 4.79 Å². The van der Waals surface area contributed by atoms with E-state index >= 15 is 0 Å². The van der Waals surface area contributed by atoms with E-state index in [4.69, 9.17) is 23.2 Å². The second-order valence-electron chi connectivity index (χ2n) is 5.81. The first-order valence-electron chi connectivity index (χ1n) is 7.77. The van der Waals surface area contributed by atoms with Gasteiger partial charge < -0.3 is 10.2 Å². The molecule has 128 valence electrons. The lowest BCUT2D eigenvalue weighted by atomic mass is 10.2. The number of nitrogens with one attached hydrogen (secondary N) is 1. The maximum atomic E-state index is 12.4. The molecule has 0 aliphatic carbocycles. The monoisotopic (exact) mass is 376 g/mol. The fraction of sp³-hybridized carbons (Fsp3) is 0.250. The summed E-state index contributed by atoms with van der Waals surface area (Å²) in [5.41, 5.74) is 0.985. The van der Waals surface area contributed by atoms with Crippen LogP contribution in [0.2, 0.25) is 10.0 Å². The zero-order chi connectivity index (χ0) is 17.4.